The molecule has 2 nitrogen and oxygen atoms in total. The SMILES string of the molecule is CCOC(=N)Cc1ccccc1Br. The zero-order valence-electron chi connectivity index (χ0n) is 7.51. The van der Waals surface area contributed by atoms with E-state index >= 15 is 0 Å². The Kier molecular flexibility index (Phi) is 3.96. The molecule has 0 aliphatic carbocycles. The Morgan fingerprint density at radius 1 is 1.46 bits per heavy atom. The second-order valence-electron chi connectivity index (χ2n) is 2.62. The molecule has 0 spiro atoms. The van der Waals surface area contributed by atoms with Gasteiger partial charge in [0, 0.05) is 10.9 Å². The van der Waals surface area contributed by atoms with E-state index in [0.29, 0.717) is 18.9 Å². The van der Waals surface area contributed by atoms with Crippen LogP contribution in [0.15, 0.2) is 28.7 Å². The van der Waals surface area contributed by atoms with Gasteiger partial charge in [0.05, 0.1) is 6.61 Å². The van der Waals surface area contributed by atoms with Gasteiger partial charge in [-0.15, -0.1) is 0 Å². The summed E-state index contributed by atoms with van der Waals surface area (Å²) in [6.45, 7) is 2.44. The minimum atomic E-state index is 0.314. The molecule has 0 radical (unpaired) electrons. The molecule has 0 aliphatic heterocycles. The molecular weight excluding hydrogens is 230 g/mol. The molecule has 0 saturated carbocycles. The van der Waals surface area contributed by atoms with Crippen LogP contribution in [0, 0.1) is 5.41 Å². The van der Waals surface area contributed by atoms with Gasteiger partial charge in [-0.3, -0.25) is 5.41 Å². The van der Waals surface area contributed by atoms with E-state index in [9.17, 15) is 0 Å². The van der Waals surface area contributed by atoms with Crippen LogP contribution in [-0.2, 0) is 11.2 Å². The van der Waals surface area contributed by atoms with Crippen LogP contribution in [0.2, 0.25) is 0 Å². The lowest BCUT2D eigenvalue weighted by Crippen LogP contribution is -2.06. The van der Waals surface area contributed by atoms with Gasteiger partial charge in [-0.25, -0.2) is 0 Å². The standard InChI is InChI=1S/C10H12BrNO/c1-2-13-10(12)7-8-5-3-4-6-9(8)11/h3-6,12H,2,7H2,1H3. The lowest BCUT2D eigenvalue weighted by Gasteiger charge is -2.06. The molecule has 0 bridgehead atoms. The highest BCUT2D eigenvalue weighted by Crippen LogP contribution is 2.16. The van der Waals surface area contributed by atoms with Crippen LogP contribution < -0.4 is 0 Å². The van der Waals surface area contributed by atoms with E-state index in [1.165, 1.54) is 0 Å². The second-order valence-corrected chi connectivity index (χ2v) is 3.48. The topological polar surface area (TPSA) is 33.1 Å². The first-order chi connectivity index (χ1) is 6.24. The van der Waals surface area contributed by atoms with Crippen LogP contribution in [-0.4, -0.2) is 12.5 Å². The molecule has 0 saturated heterocycles. The monoisotopic (exact) mass is 241 g/mol. The summed E-state index contributed by atoms with van der Waals surface area (Å²) in [5, 5.41) is 7.48. The van der Waals surface area contributed by atoms with Crippen molar-refractivity contribution in [3.8, 4) is 0 Å². The molecule has 0 amide bonds. The summed E-state index contributed by atoms with van der Waals surface area (Å²) in [4.78, 5) is 0. The molecule has 0 unspecified atom stereocenters. The summed E-state index contributed by atoms with van der Waals surface area (Å²) in [5.74, 6) is 0.314. The van der Waals surface area contributed by atoms with Crippen molar-refractivity contribution in [2.24, 2.45) is 0 Å². The van der Waals surface area contributed by atoms with Crippen molar-refractivity contribution in [1.29, 1.82) is 5.41 Å². The molecule has 70 valence electrons. The van der Waals surface area contributed by atoms with E-state index in [1.807, 2.05) is 31.2 Å². The Morgan fingerprint density at radius 2 is 2.15 bits per heavy atom. The molecule has 3 heteroatoms. The first kappa shape index (κ1) is 10.3. The maximum Gasteiger partial charge on any atom is 0.184 e. The zero-order valence-corrected chi connectivity index (χ0v) is 9.10. The number of benzene rings is 1. The molecule has 13 heavy (non-hydrogen) atoms. The van der Waals surface area contributed by atoms with Crippen LogP contribution >= 0.6 is 15.9 Å². The average Bonchev–Trinajstić information content (AvgIpc) is 2.09. The molecule has 0 atom stereocenters. The highest BCUT2D eigenvalue weighted by molar-refractivity contribution is 9.10. The van der Waals surface area contributed by atoms with E-state index in [2.05, 4.69) is 15.9 Å². The predicted molar refractivity (Wildman–Crippen MR) is 57.2 cm³/mol. The molecule has 0 aromatic heterocycles. The van der Waals surface area contributed by atoms with Gasteiger partial charge in [-0.05, 0) is 18.6 Å². The fourth-order valence-corrected chi connectivity index (χ4v) is 1.46. The minimum absolute atomic E-state index is 0.314. The van der Waals surface area contributed by atoms with Crippen LogP contribution in [0.25, 0.3) is 0 Å². The van der Waals surface area contributed by atoms with Crippen molar-refractivity contribution in [2.45, 2.75) is 13.3 Å². The molecule has 0 aliphatic rings. The number of rotatable bonds is 3. The fraction of sp³-hybridized carbons (Fsp3) is 0.300. The van der Waals surface area contributed by atoms with Gasteiger partial charge in [0.15, 0.2) is 5.90 Å². The highest BCUT2D eigenvalue weighted by Gasteiger charge is 2.02. The Bertz CT molecular complexity index is 299. The lowest BCUT2D eigenvalue weighted by atomic mass is 10.1. The fourth-order valence-electron chi connectivity index (χ4n) is 1.04. The lowest BCUT2D eigenvalue weighted by molar-refractivity contribution is 0.317. The molecule has 1 rings (SSSR count). The first-order valence-electron chi connectivity index (χ1n) is 4.17. The summed E-state index contributed by atoms with van der Waals surface area (Å²) in [6.07, 6.45) is 0.551. The van der Waals surface area contributed by atoms with Gasteiger partial charge in [0.1, 0.15) is 0 Å². The summed E-state index contributed by atoms with van der Waals surface area (Å²) >= 11 is 3.42. The summed E-state index contributed by atoms with van der Waals surface area (Å²) < 4.78 is 6.09. The van der Waals surface area contributed by atoms with Crippen LogP contribution in [0.5, 0.6) is 0 Å². The third kappa shape index (κ3) is 3.19. The van der Waals surface area contributed by atoms with E-state index in [4.69, 9.17) is 10.1 Å². The third-order valence-corrected chi connectivity index (χ3v) is 2.40. The highest BCUT2D eigenvalue weighted by atomic mass is 79.9. The second kappa shape index (κ2) is 5.02. The molecule has 1 aromatic carbocycles. The van der Waals surface area contributed by atoms with Crippen molar-refractivity contribution < 1.29 is 4.74 Å². The number of ether oxygens (including phenoxy) is 1. The van der Waals surface area contributed by atoms with E-state index < -0.39 is 0 Å². The summed E-state index contributed by atoms with van der Waals surface area (Å²) in [6, 6.07) is 7.86. The van der Waals surface area contributed by atoms with Gasteiger partial charge >= 0.3 is 0 Å². The quantitative estimate of drug-likeness (QED) is 0.641. The number of halogens is 1. The number of hydrogen-bond donors (Lipinski definition) is 1. The number of nitrogens with one attached hydrogen (secondary N) is 1. The van der Waals surface area contributed by atoms with Crippen molar-refractivity contribution >= 4 is 21.8 Å². The third-order valence-electron chi connectivity index (χ3n) is 1.63. The van der Waals surface area contributed by atoms with Crippen LogP contribution in [0.1, 0.15) is 12.5 Å². The van der Waals surface area contributed by atoms with E-state index in [1.54, 1.807) is 0 Å². The Hall–Kier alpha value is -0.830. The van der Waals surface area contributed by atoms with Crippen molar-refractivity contribution in [1.82, 2.24) is 0 Å². The van der Waals surface area contributed by atoms with Crippen LogP contribution in [0.3, 0.4) is 0 Å². The molecule has 1 aromatic rings. The Balaban J connectivity index is 2.63. The largest absolute Gasteiger partial charge is 0.481 e. The van der Waals surface area contributed by atoms with E-state index in [-0.39, 0.29) is 0 Å². The van der Waals surface area contributed by atoms with Gasteiger partial charge in [-0.1, -0.05) is 34.1 Å². The summed E-state index contributed by atoms with van der Waals surface area (Å²) in [7, 11) is 0. The Morgan fingerprint density at radius 3 is 2.77 bits per heavy atom. The van der Waals surface area contributed by atoms with Crippen molar-refractivity contribution in [2.75, 3.05) is 6.61 Å². The average molecular weight is 242 g/mol. The zero-order chi connectivity index (χ0) is 9.68. The van der Waals surface area contributed by atoms with Crippen molar-refractivity contribution in [3.63, 3.8) is 0 Å². The van der Waals surface area contributed by atoms with Gasteiger partial charge in [0.25, 0.3) is 0 Å². The Labute approximate surface area is 86.6 Å². The van der Waals surface area contributed by atoms with Gasteiger partial charge < -0.3 is 4.74 Å². The molecule has 0 heterocycles. The summed E-state index contributed by atoms with van der Waals surface area (Å²) in [5.41, 5.74) is 1.08. The normalized spacial score (nSPS) is 9.69. The molecule has 0 fully saturated rings. The van der Waals surface area contributed by atoms with Crippen molar-refractivity contribution in [3.05, 3.63) is 34.3 Å². The smallest absolute Gasteiger partial charge is 0.184 e. The van der Waals surface area contributed by atoms with Gasteiger partial charge in [-0.2, -0.15) is 0 Å². The minimum Gasteiger partial charge on any atom is -0.481 e. The molecular formula is C10H12BrNO. The van der Waals surface area contributed by atoms with E-state index in [0.717, 1.165) is 10.0 Å². The molecule has 1 N–H and O–H groups in total. The predicted octanol–water partition coefficient (Wildman–Crippen LogP) is 3.01. The van der Waals surface area contributed by atoms with Crippen LogP contribution in [0.4, 0.5) is 0 Å². The maximum atomic E-state index is 7.48. The number of hydrogen-bond acceptors (Lipinski definition) is 2. The van der Waals surface area contributed by atoms with Gasteiger partial charge in [0.2, 0.25) is 0 Å². The maximum absolute atomic E-state index is 7.48. The first-order valence-corrected chi connectivity index (χ1v) is 4.97.